The molecule has 1 aliphatic rings. The molecule has 0 fully saturated rings. The van der Waals surface area contributed by atoms with Crippen molar-refractivity contribution in [3.63, 3.8) is 0 Å². The van der Waals surface area contributed by atoms with E-state index >= 15 is 0 Å². The molecule has 0 atom stereocenters. The van der Waals surface area contributed by atoms with E-state index < -0.39 is 0 Å². The summed E-state index contributed by atoms with van der Waals surface area (Å²) >= 11 is 0. The van der Waals surface area contributed by atoms with Crippen LogP contribution in [0.5, 0.6) is 0 Å². The van der Waals surface area contributed by atoms with E-state index in [0.717, 1.165) is 36.3 Å². The summed E-state index contributed by atoms with van der Waals surface area (Å²) in [5.74, 6) is 0.0597. The number of aromatic nitrogens is 2. The molecule has 3 rings (SSSR count). The zero-order valence-electron chi connectivity index (χ0n) is 13.8. The Morgan fingerprint density at radius 3 is 3.00 bits per heavy atom. The van der Waals surface area contributed by atoms with Crippen molar-refractivity contribution in [3.05, 3.63) is 34.7 Å². The molecule has 0 radical (unpaired) electrons. The molecule has 0 saturated carbocycles. The number of amides is 1. The highest BCUT2D eigenvalue weighted by atomic mass is 16.5. The molecule has 2 aromatic heterocycles. The Morgan fingerprint density at radius 2 is 2.30 bits per heavy atom. The normalized spacial score (nSPS) is 15.0. The van der Waals surface area contributed by atoms with E-state index in [9.17, 15) is 4.79 Å². The number of nitrogens with one attached hydrogen (secondary N) is 2. The molecule has 6 heteroatoms. The predicted molar refractivity (Wildman–Crippen MR) is 88.5 cm³/mol. The second-order valence-corrected chi connectivity index (χ2v) is 6.21. The molecule has 0 bridgehead atoms. The number of nitrogens with zero attached hydrogens (tertiary/aromatic N) is 2. The summed E-state index contributed by atoms with van der Waals surface area (Å²) in [5, 5.41) is 11.1. The van der Waals surface area contributed by atoms with Crippen molar-refractivity contribution in [1.82, 2.24) is 20.8 Å². The van der Waals surface area contributed by atoms with E-state index in [2.05, 4.69) is 26.9 Å². The molecule has 0 aromatic carbocycles. The summed E-state index contributed by atoms with van der Waals surface area (Å²) in [6.07, 6.45) is 3.10. The second kappa shape index (κ2) is 6.50. The Morgan fingerprint density at radius 1 is 1.48 bits per heavy atom. The van der Waals surface area contributed by atoms with Crippen LogP contribution in [0.4, 0.5) is 0 Å². The number of aryl methyl sites for hydroxylation is 1. The smallest absolute Gasteiger partial charge is 0.259 e. The van der Waals surface area contributed by atoms with Gasteiger partial charge in [-0.2, -0.15) is 0 Å². The maximum Gasteiger partial charge on any atom is 0.259 e. The van der Waals surface area contributed by atoms with Gasteiger partial charge in [0.25, 0.3) is 11.6 Å². The molecule has 2 N–H and O–H groups in total. The summed E-state index contributed by atoms with van der Waals surface area (Å²) < 4.78 is 5.32. The van der Waals surface area contributed by atoms with Gasteiger partial charge in [0.1, 0.15) is 0 Å². The lowest BCUT2D eigenvalue weighted by molar-refractivity contribution is 0.0958. The van der Waals surface area contributed by atoms with Gasteiger partial charge in [0.2, 0.25) is 0 Å². The van der Waals surface area contributed by atoms with Gasteiger partial charge in [0.15, 0.2) is 0 Å². The number of carbonyl (C=O) groups excluding carboxylic acids is 1. The Balaban J connectivity index is 1.89. The minimum absolute atomic E-state index is 0.106. The van der Waals surface area contributed by atoms with Gasteiger partial charge >= 0.3 is 0 Å². The van der Waals surface area contributed by atoms with Gasteiger partial charge in [-0.25, -0.2) is 4.98 Å². The Bertz CT molecular complexity index is 761. The molecule has 23 heavy (non-hydrogen) atoms. The first kappa shape index (κ1) is 15.7. The lowest BCUT2D eigenvalue weighted by Gasteiger charge is -2.15. The number of hydrogen-bond acceptors (Lipinski definition) is 5. The van der Waals surface area contributed by atoms with E-state index in [4.69, 9.17) is 4.52 Å². The maximum atomic E-state index is 12.7. The Hall–Kier alpha value is -2.21. The van der Waals surface area contributed by atoms with Crippen LogP contribution in [-0.4, -0.2) is 35.7 Å². The van der Waals surface area contributed by atoms with Crippen LogP contribution in [0.15, 0.2) is 22.2 Å². The molecule has 2 aromatic rings. The van der Waals surface area contributed by atoms with Crippen LogP contribution in [0, 0.1) is 6.92 Å². The molecular formula is C17H22N4O2. The van der Waals surface area contributed by atoms with Crippen molar-refractivity contribution in [2.24, 2.45) is 0 Å². The zero-order valence-corrected chi connectivity index (χ0v) is 13.8. The van der Waals surface area contributed by atoms with Crippen LogP contribution in [0.3, 0.4) is 0 Å². The third-order valence-corrected chi connectivity index (χ3v) is 4.03. The molecule has 6 nitrogen and oxygen atoms in total. The number of rotatable bonds is 4. The quantitative estimate of drug-likeness (QED) is 0.847. The van der Waals surface area contributed by atoms with Crippen LogP contribution in [-0.2, 0) is 0 Å². The van der Waals surface area contributed by atoms with E-state index in [1.165, 1.54) is 5.57 Å². The topological polar surface area (TPSA) is 80.0 Å². The predicted octanol–water partition coefficient (Wildman–Crippen LogP) is 2.30. The lowest BCUT2D eigenvalue weighted by atomic mass is 10.0. The van der Waals surface area contributed by atoms with Crippen molar-refractivity contribution >= 4 is 17.0 Å². The third-order valence-electron chi connectivity index (χ3n) is 4.03. The molecular weight excluding hydrogens is 292 g/mol. The highest BCUT2D eigenvalue weighted by Gasteiger charge is 2.21. The summed E-state index contributed by atoms with van der Waals surface area (Å²) in [5.41, 5.74) is 3.80. The molecule has 0 saturated heterocycles. The van der Waals surface area contributed by atoms with Gasteiger partial charge in [0.05, 0.1) is 16.6 Å². The minimum atomic E-state index is -0.106. The number of carbonyl (C=O) groups is 1. The summed E-state index contributed by atoms with van der Waals surface area (Å²) in [7, 11) is 0. The van der Waals surface area contributed by atoms with Gasteiger partial charge < -0.3 is 15.2 Å². The first-order chi connectivity index (χ1) is 11.1. The van der Waals surface area contributed by atoms with E-state index in [0.29, 0.717) is 17.8 Å². The van der Waals surface area contributed by atoms with Gasteiger partial charge in [0, 0.05) is 18.8 Å². The SMILES string of the molecule is Cc1cc(C(=O)NCC2=CCNCC2)c2c(C(C)C)noc2n1. The van der Waals surface area contributed by atoms with Crippen molar-refractivity contribution in [1.29, 1.82) is 0 Å². The van der Waals surface area contributed by atoms with Crippen LogP contribution in [0.1, 0.15) is 47.9 Å². The third kappa shape index (κ3) is 3.27. The second-order valence-electron chi connectivity index (χ2n) is 6.21. The summed E-state index contributed by atoms with van der Waals surface area (Å²) in [4.78, 5) is 17.0. The summed E-state index contributed by atoms with van der Waals surface area (Å²) in [6, 6.07) is 1.80. The van der Waals surface area contributed by atoms with E-state index in [1.54, 1.807) is 6.07 Å². The first-order valence-electron chi connectivity index (χ1n) is 8.00. The fourth-order valence-electron chi connectivity index (χ4n) is 2.79. The molecule has 1 amide bonds. The average Bonchev–Trinajstić information content (AvgIpc) is 2.96. The zero-order chi connectivity index (χ0) is 16.4. The molecule has 3 heterocycles. The molecule has 122 valence electrons. The number of fused-ring (bicyclic) bond motifs is 1. The average molecular weight is 314 g/mol. The Kier molecular flexibility index (Phi) is 4.43. The van der Waals surface area contributed by atoms with Gasteiger partial charge in [-0.3, -0.25) is 4.79 Å². The standard InChI is InChI=1S/C17H22N4O2/c1-10(2)15-14-13(8-11(3)20-17(14)23-21-15)16(22)19-9-12-4-6-18-7-5-12/h4,8,10,18H,5-7,9H2,1-3H3,(H,19,22). The van der Waals surface area contributed by atoms with Crippen molar-refractivity contribution in [2.75, 3.05) is 19.6 Å². The fourth-order valence-corrected chi connectivity index (χ4v) is 2.79. The molecule has 0 unspecified atom stereocenters. The van der Waals surface area contributed by atoms with E-state index in [1.807, 2.05) is 20.8 Å². The molecule has 1 aliphatic heterocycles. The van der Waals surface area contributed by atoms with Gasteiger partial charge in [-0.05, 0) is 31.9 Å². The molecule has 0 aliphatic carbocycles. The first-order valence-corrected chi connectivity index (χ1v) is 8.00. The van der Waals surface area contributed by atoms with Crippen molar-refractivity contribution in [2.45, 2.75) is 33.1 Å². The van der Waals surface area contributed by atoms with Crippen molar-refractivity contribution < 1.29 is 9.32 Å². The monoisotopic (exact) mass is 314 g/mol. The number of hydrogen-bond donors (Lipinski definition) is 2. The van der Waals surface area contributed by atoms with Gasteiger partial charge in [-0.15, -0.1) is 0 Å². The van der Waals surface area contributed by atoms with Crippen LogP contribution >= 0.6 is 0 Å². The Labute approximate surface area is 135 Å². The summed E-state index contributed by atoms with van der Waals surface area (Å²) in [6.45, 7) is 8.31. The molecule has 0 spiro atoms. The maximum absolute atomic E-state index is 12.7. The van der Waals surface area contributed by atoms with Crippen molar-refractivity contribution in [3.8, 4) is 0 Å². The fraction of sp³-hybridized carbons (Fsp3) is 0.471. The van der Waals surface area contributed by atoms with Gasteiger partial charge in [-0.1, -0.05) is 30.7 Å². The largest absolute Gasteiger partial charge is 0.348 e. The lowest BCUT2D eigenvalue weighted by Crippen LogP contribution is -2.29. The van der Waals surface area contributed by atoms with Crippen LogP contribution in [0.25, 0.3) is 11.1 Å². The minimum Gasteiger partial charge on any atom is -0.348 e. The van der Waals surface area contributed by atoms with E-state index in [-0.39, 0.29) is 11.8 Å². The highest BCUT2D eigenvalue weighted by molar-refractivity contribution is 6.06. The van der Waals surface area contributed by atoms with Crippen LogP contribution in [0.2, 0.25) is 0 Å². The van der Waals surface area contributed by atoms with Crippen LogP contribution < -0.4 is 10.6 Å². The highest BCUT2D eigenvalue weighted by Crippen LogP contribution is 2.27. The number of pyridine rings is 1.